The highest BCUT2D eigenvalue weighted by atomic mass is 19.1. The molecule has 1 saturated carbocycles. The van der Waals surface area contributed by atoms with Gasteiger partial charge >= 0.3 is 6.01 Å². The number of ether oxygens (including phenoxy) is 3. The van der Waals surface area contributed by atoms with Crippen molar-refractivity contribution in [3.63, 3.8) is 0 Å². The van der Waals surface area contributed by atoms with E-state index in [2.05, 4.69) is 62.6 Å². The number of benzene rings is 4. The zero-order valence-corrected chi connectivity index (χ0v) is 51.6. The van der Waals surface area contributed by atoms with E-state index in [1.807, 2.05) is 81.0 Å². The molecule has 4 saturated heterocycles. The molecule has 4 aromatic carbocycles. The summed E-state index contributed by atoms with van der Waals surface area (Å²) in [5, 5.41) is 31.7. The molecule has 4 N–H and O–H groups in total. The van der Waals surface area contributed by atoms with Crippen LogP contribution in [0.25, 0.3) is 55.3 Å². The third kappa shape index (κ3) is 11.5. The van der Waals surface area contributed by atoms with Gasteiger partial charge in [-0.1, -0.05) is 50.2 Å². The Hall–Kier alpha value is -8.27. The molecule has 21 heteroatoms. The van der Waals surface area contributed by atoms with E-state index in [0.717, 1.165) is 102 Å². The van der Waals surface area contributed by atoms with Crippen molar-refractivity contribution < 1.29 is 38.1 Å². The first-order valence-electron chi connectivity index (χ1n) is 31.2. The number of hydrogen-bond acceptors (Lipinski definition) is 15. The Balaban J connectivity index is 0.00000373. The fraction of sp³-hybridized carbons (Fsp3) is 0.463. The Labute approximate surface area is 512 Å². The van der Waals surface area contributed by atoms with Crippen LogP contribution >= 0.6 is 0 Å². The van der Waals surface area contributed by atoms with Crippen molar-refractivity contribution in [3.8, 4) is 45.3 Å². The lowest BCUT2D eigenvalue weighted by molar-refractivity contribution is -0.142. The molecule has 2 bridgehead atoms. The molecule has 5 fully saturated rings. The van der Waals surface area contributed by atoms with Crippen molar-refractivity contribution in [1.82, 2.24) is 54.8 Å². The van der Waals surface area contributed by atoms with E-state index in [9.17, 15) is 14.4 Å². The van der Waals surface area contributed by atoms with E-state index in [-0.39, 0.29) is 59.9 Å². The van der Waals surface area contributed by atoms with Gasteiger partial charge in [-0.25, -0.2) is 4.39 Å². The van der Waals surface area contributed by atoms with Crippen molar-refractivity contribution in [2.45, 2.75) is 148 Å². The van der Waals surface area contributed by atoms with Crippen LogP contribution < -0.4 is 25.0 Å². The quantitative estimate of drug-likeness (QED) is 0.0521. The van der Waals surface area contributed by atoms with Crippen LogP contribution in [0.4, 0.5) is 15.9 Å². The third-order valence-corrected chi connectivity index (χ3v) is 18.4. The van der Waals surface area contributed by atoms with Crippen molar-refractivity contribution in [2.24, 2.45) is 5.92 Å². The molecule has 8 heterocycles. The molecule has 2 amide bonds. The monoisotopic (exact) mass is 1200 g/mol. The molecule has 20 nitrogen and oxygen atoms in total. The fourth-order valence-electron chi connectivity index (χ4n) is 13.9. The fourth-order valence-corrected chi connectivity index (χ4v) is 13.9. The van der Waals surface area contributed by atoms with Crippen LogP contribution in [0.3, 0.4) is 0 Å². The Morgan fingerprint density at radius 1 is 0.920 bits per heavy atom. The Morgan fingerprint density at radius 2 is 1.70 bits per heavy atom. The first-order chi connectivity index (χ1) is 42.8. The molecule has 88 heavy (non-hydrogen) atoms. The zero-order valence-electron chi connectivity index (χ0n) is 51.6. The topological polar surface area (TPSA) is 223 Å². The second-order valence-corrected chi connectivity index (χ2v) is 24.5. The van der Waals surface area contributed by atoms with Gasteiger partial charge in [-0.05, 0) is 124 Å². The number of amides is 2. The molecule has 5 aliphatic rings. The van der Waals surface area contributed by atoms with Crippen LogP contribution in [0.2, 0.25) is 0 Å². The number of H-pyrrole nitrogens is 1. The van der Waals surface area contributed by atoms with Crippen LogP contribution in [-0.4, -0.2) is 150 Å². The second kappa shape index (κ2) is 25.4. The highest BCUT2D eigenvalue weighted by Gasteiger charge is 2.46. The van der Waals surface area contributed by atoms with Crippen molar-refractivity contribution in [1.29, 1.82) is 0 Å². The minimum Gasteiger partial charge on any atom is -0.486 e. The number of aromatic nitrogens is 8. The lowest BCUT2D eigenvalue weighted by Crippen LogP contribution is -2.49. The molecule has 0 radical (unpaired) electrons. The van der Waals surface area contributed by atoms with Gasteiger partial charge in [0.25, 0.3) is 0 Å². The summed E-state index contributed by atoms with van der Waals surface area (Å²) < 4.78 is 39.6. The van der Waals surface area contributed by atoms with Gasteiger partial charge in [0, 0.05) is 129 Å². The molecule has 8 aromatic rings. The number of aliphatic hydroxyl groups is 1. The van der Waals surface area contributed by atoms with E-state index in [0.29, 0.717) is 109 Å². The predicted molar refractivity (Wildman–Crippen MR) is 336 cm³/mol. The number of halogens is 1. The minimum absolute atomic E-state index is 0.0914. The van der Waals surface area contributed by atoms with Gasteiger partial charge in [-0.15, -0.1) is 0 Å². The number of anilines is 2. The van der Waals surface area contributed by atoms with Crippen molar-refractivity contribution in [2.75, 3.05) is 57.2 Å². The van der Waals surface area contributed by atoms with Crippen LogP contribution in [0.1, 0.15) is 124 Å². The number of aldehydes is 1. The van der Waals surface area contributed by atoms with E-state index < -0.39 is 12.1 Å². The van der Waals surface area contributed by atoms with E-state index in [1.165, 1.54) is 6.07 Å². The number of hydrogen-bond donors (Lipinski definition) is 4. The smallest absolute Gasteiger partial charge is 0.319 e. The van der Waals surface area contributed by atoms with Gasteiger partial charge in [0.05, 0.1) is 30.6 Å². The van der Waals surface area contributed by atoms with E-state index in [4.69, 9.17) is 34.4 Å². The standard InChI is InChI=1S/C66H76FN13O6.CH4O/c1-8-79-56(19-22-71-79)43-14-11-40(12-15-43)30-69-64(82)57-10-9-23-76(57)65(83)61(37(2)3)80-34-51(55(35-81)75-80)47-18-13-41(26-53(47)68-7)36-85-62-59(58-39(6)52(67)29-54-50(58)31-70-74-54)48(42-16-17-42)28-49-60(62)72-66(86-46-20-24-84-25-21-46)73-63(49)78-33-44-27-45(78)32-77(44)38(4)5;1-2/h11-15,18-19,22,26,28-29,31,34-35,37-38,42,44-46,57,61,68H,8-10,16-17,20-21,23-25,27,30,32-33,36H2,1-7H3,(H,69,82)(H,70,74);2H,1H3. The van der Waals surface area contributed by atoms with Gasteiger partial charge in [0.2, 0.25) is 11.8 Å². The summed E-state index contributed by atoms with van der Waals surface area (Å²) >= 11 is 0. The molecule has 4 aliphatic heterocycles. The number of likely N-dealkylation sites (tertiary alicyclic amines) is 2. The van der Waals surface area contributed by atoms with Crippen molar-refractivity contribution >= 4 is 51.4 Å². The largest absolute Gasteiger partial charge is 0.486 e. The summed E-state index contributed by atoms with van der Waals surface area (Å²) in [6, 6.07) is 19.6. The lowest BCUT2D eigenvalue weighted by atomic mass is 9.88. The SMILES string of the molecule is CCn1nccc1-c1ccc(CNC(=O)C2CCCN2C(=O)C(C(C)C)n2cc(-c3ccc(COc4c(-c5c(C)c(F)cc6[nH]ncc56)c(C5CC5)cc5c(N6CC7CC6CN7C(C)C)nc(OC6CCOCC6)nc45)cc3NC)c(C=O)n2)cc1.CO. The number of carbonyl (C=O) groups is 3. The number of rotatable bonds is 20. The summed E-state index contributed by atoms with van der Waals surface area (Å²) in [5.41, 5.74) is 10.1. The minimum atomic E-state index is -0.798. The highest BCUT2D eigenvalue weighted by Crippen LogP contribution is 2.54. The van der Waals surface area contributed by atoms with Crippen LogP contribution in [0.15, 0.2) is 79.3 Å². The van der Waals surface area contributed by atoms with Crippen molar-refractivity contribution in [3.05, 3.63) is 113 Å². The number of piperazine rings is 1. The predicted octanol–water partition coefficient (Wildman–Crippen LogP) is 10.0. The summed E-state index contributed by atoms with van der Waals surface area (Å²) in [5.74, 6) is 0.499. The average molecular weight is 1200 g/mol. The van der Waals surface area contributed by atoms with Gasteiger partial charge < -0.3 is 39.8 Å². The van der Waals surface area contributed by atoms with Gasteiger partial charge in [-0.3, -0.25) is 33.7 Å². The number of nitrogens with one attached hydrogen (secondary N) is 3. The molecule has 13 rings (SSSR count). The van der Waals surface area contributed by atoms with Crippen LogP contribution in [0, 0.1) is 18.7 Å². The second-order valence-electron chi connectivity index (χ2n) is 24.5. The van der Waals surface area contributed by atoms with Gasteiger partial charge in [-0.2, -0.15) is 25.3 Å². The number of nitrogens with zero attached hydrogens (tertiary/aromatic N) is 10. The maximum Gasteiger partial charge on any atom is 0.319 e. The summed E-state index contributed by atoms with van der Waals surface area (Å²) in [6.45, 7) is 16.8. The Kier molecular flexibility index (Phi) is 17.4. The normalized spacial score (nSPS) is 19.0. The molecule has 1 aliphatic carbocycles. The van der Waals surface area contributed by atoms with Gasteiger partial charge in [0.15, 0.2) is 12.0 Å². The maximum absolute atomic E-state index is 16.3. The molecule has 4 unspecified atom stereocenters. The van der Waals surface area contributed by atoms with E-state index >= 15 is 4.39 Å². The third-order valence-electron chi connectivity index (χ3n) is 18.4. The van der Waals surface area contributed by atoms with Crippen LogP contribution in [-0.2, 0) is 34.0 Å². The number of aromatic amines is 1. The van der Waals surface area contributed by atoms with Crippen LogP contribution in [0.5, 0.6) is 11.8 Å². The maximum atomic E-state index is 16.3. The molecular weight excluding hydrogens is 1120 g/mol. The van der Waals surface area contributed by atoms with Gasteiger partial charge in [0.1, 0.15) is 47.6 Å². The highest BCUT2D eigenvalue weighted by molar-refractivity contribution is 6.06. The number of fused-ring (bicyclic) bond motifs is 4. The molecule has 0 spiro atoms. The molecular formula is C67H80FN13O7. The lowest BCUT2D eigenvalue weighted by Gasteiger charge is -2.37. The summed E-state index contributed by atoms with van der Waals surface area (Å²) in [4.78, 5) is 59.1. The summed E-state index contributed by atoms with van der Waals surface area (Å²) in [6.07, 6.45) is 11.5. The molecule has 4 atom stereocenters. The Bertz CT molecular complexity index is 3870. The first kappa shape index (κ1) is 60.0. The zero-order chi connectivity index (χ0) is 61.5. The van der Waals surface area contributed by atoms with E-state index in [1.54, 1.807) is 28.2 Å². The number of aliphatic hydroxyl groups excluding tert-OH is 1. The molecule has 4 aromatic heterocycles. The molecule has 462 valence electrons. The summed E-state index contributed by atoms with van der Waals surface area (Å²) in [7, 11) is 2.82. The average Bonchev–Trinajstić information content (AvgIpc) is 1.35. The number of carbonyl (C=O) groups excluding carboxylic acids is 3. The Morgan fingerprint density at radius 3 is 2.41 bits per heavy atom. The number of aryl methyl sites for hydroxylation is 1. The first-order valence-corrected chi connectivity index (χ1v) is 31.2.